The standard InChI is InChI=1S/C26H36O5/c1-26(2)24(29)21(13-9-4-5-10-14-23(28)31-3)22(25(26)30)18-17-20(27)16-15-19-11-7-6-8-12-19/h4,6-9,11-12,17-18,20-22,25,27,30H,5,10,13-16H2,1-3H3/t20?,21-,22-,25+/m1/s1. The molecule has 1 fully saturated rings. The molecular weight excluding hydrogens is 392 g/mol. The molecule has 31 heavy (non-hydrogen) atoms. The molecule has 1 aromatic rings. The van der Waals surface area contributed by atoms with Crippen molar-refractivity contribution in [1.29, 1.82) is 0 Å². The molecule has 0 spiro atoms. The van der Waals surface area contributed by atoms with E-state index in [-0.39, 0.29) is 23.6 Å². The first-order chi connectivity index (χ1) is 14.8. The summed E-state index contributed by atoms with van der Waals surface area (Å²) in [5.74, 6) is -0.819. The predicted octanol–water partition coefficient (Wildman–Crippen LogP) is 4.03. The first kappa shape index (κ1) is 25.0. The predicted molar refractivity (Wildman–Crippen MR) is 121 cm³/mol. The van der Waals surface area contributed by atoms with E-state index < -0.39 is 17.6 Å². The van der Waals surface area contributed by atoms with Crippen LogP contribution in [0.5, 0.6) is 0 Å². The number of aliphatic hydroxyl groups excluding tert-OH is 2. The normalized spacial score (nSPS) is 24.2. The van der Waals surface area contributed by atoms with Crippen LogP contribution in [0.4, 0.5) is 0 Å². The first-order valence-electron chi connectivity index (χ1n) is 11.1. The van der Waals surface area contributed by atoms with Crippen molar-refractivity contribution >= 4 is 11.8 Å². The summed E-state index contributed by atoms with van der Waals surface area (Å²) in [4.78, 5) is 24.1. The lowest BCUT2D eigenvalue weighted by Crippen LogP contribution is -2.31. The van der Waals surface area contributed by atoms with Crippen LogP contribution in [-0.2, 0) is 20.7 Å². The SMILES string of the molecule is COC(=O)CCCC=CC[C@H]1C(=O)C(C)(C)[C@@H](O)[C@@H]1C=CC(O)CCc1ccccc1. The van der Waals surface area contributed by atoms with Crippen molar-refractivity contribution in [3.05, 3.63) is 60.2 Å². The maximum Gasteiger partial charge on any atom is 0.305 e. The zero-order valence-electron chi connectivity index (χ0n) is 18.9. The molecule has 0 amide bonds. The van der Waals surface area contributed by atoms with Gasteiger partial charge in [-0.05, 0) is 37.7 Å². The number of ether oxygens (including phenoxy) is 1. The summed E-state index contributed by atoms with van der Waals surface area (Å²) >= 11 is 0. The van der Waals surface area contributed by atoms with Crippen molar-refractivity contribution in [2.75, 3.05) is 7.11 Å². The van der Waals surface area contributed by atoms with Crippen LogP contribution in [0.3, 0.4) is 0 Å². The zero-order chi connectivity index (χ0) is 22.9. The molecule has 4 atom stereocenters. The number of carbonyl (C=O) groups excluding carboxylic acids is 2. The molecule has 1 aliphatic carbocycles. The Morgan fingerprint density at radius 1 is 1.23 bits per heavy atom. The number of benzene rings is 1. The molecule has 2 rings (SSSR count). The number of esters is 1. The summed E-state index contributed by atoms with van der Waals surface area (Å²) in [7, 11) is 1.38. The van der Waals surface area contributed by atoms with Crippen molar-refractivity contribution in [2.45, 2.75) is 64.6 Å². The van der Waals surface area contributed by atoms with E-state index in [1.807, 2.05) is 48.6 Å². The Morgan fingerprint density at radius 2 is 1.94 bits per heavy atom. The number of ketones is 1. The Kier molecular flexibility index (Phi) is 9.66. The summed E-state index contributed by atoms with van der Waals surface area (Å²) in [6, 6.07) is 9.99. The van der Waals surface area contributed by atoms with E-state index in [1.165, 1.54) is 12.7 Å². The van der Waals surface area contributed by atoms with Gasteiger partial charge in [0.2, 0.25) is 0 Å². The quantitative estimate of drug-likeness (QED) is 0.316. The molecule has 0 saturated heterocycles. The van der Waals surface area contributed by atoms with Crippen LogP contribution in [0, 0.1) is 17.3 Å². The molecule has 1 saturated carbocycles. The third-order valence-electron chi connectivity index (χ3n) is 6.20. The van der Waals surface area contributed by atoms with Crippen molar-refractivity contribution < 1.29 is 24.5 Å². The van der Waals surface area contributed by atoms with E-state index in [2.05, 4.69) is 4.74 Å². The van der Waals surface area contributed by atoms with Gasteiger partial charge in [-0.15, -0.1) is 0 Å². The second-order valence-corrected chi connectivity index (χ2v) is 8.87. The summed E-state index contributed by atoms with van der Waals surface area (Å²) in [6.07, 6.45) is 9.77. The Hall–Kier alpha value is -2.24. The number of methoxy groups -OCH3 is 1. The fourth-order valence-electron chi connectivity index (χ4n) is 4.14. The number of aryl methyl sites for hydroxylation is 1. The van der Waals surface area contributed by atoms with E-state index in [9.17, 15) is 19.8 Å². The van der Waals surface area contributed by atoms with Crippen molar-refractivity contribution in [2.24, 2.45) is 17.3 Å². The average molecular weight is 429 g/mol. The molecule has 170 valence electrons. The van der Waals surface area contributed by atoms with Gasteiger partial charge in [0.1, 0.15) is 5.78 Å². The highest BCUT2D eigenvalue weighted by Gasteiger charge is 2.52. The zero-order valence-corrected chi connectivity index (χ0v) is 18.9. The number of allylic oxidation sites excluding steroid dienone is 2. The maximum absolute atomic E-state index is 12.9. The number of hydrogen-bond acceptors (Lipinski definition) is 5. The lowest BCUT2D eigenvalue weighted by Gasteiger charge is -2.22. The minimum Gasteiger partial charge on any atom is -0.469 e. The number of carbonyl (C=O) groups is 2. The van der Waals surface area contributed by atoms with E-state index in [4.69, 9.17) is 0 Å². The lowest BCUT2D eigenvalue weighted by molar-refractivity contribution is -0.140. The molecule has 0 radical (unpaired) electrons. The Balaban J connectivity index is 1.93. The number of Topliss-reactive ketones (excluding diaryl/α,β-unsaturated/α-hetero) is 1. The van der Waals surface area contributed by atoms with Crippen molar-refractivity contribution in [3.63, 3.8) is 0 Å². The Labute approximate surface area is 185 Å². The van der Waals surface area contributed by atoms with Crippen LogP contribution >= 0.6 is 0 Å². The molecule has 0 heterocycles. The topological polar surface area (TPSA) is 83.8 Å². The molecular formula is C26H36O5. The Morgan fingerprint density at radius 3 is 2.61 bits per heavy atom. The maximum atomic E-state index is 12.9. The van der Waals surface area contributed by atoms with Gasteiger partial charge < -0.3 is 14.9 Å². The molecule has 5 heteroatoms. The fraction of sp³-hybridized carbons (Fsp3) is 0.538. The molecule has 1 aromatic carbocycles. The first-order valence-corrected chi connectivity index (χ1v) is 11.1. The summed E-state index contributed by atoms with van der Waals surface area (Å²) in [6.45, 7) is 3.57. The van der Waals surface area contributed by atoms with E-state index in [1.54, 1.807) is 19.9 Å². The average Bonchev–Trinajstić information content (AvgIpc) is 2.93. The smallest absolute Gasteiger partial charge is 0.305 e. The monoisotopic (exact) mass is 428 g/mol. The van der Waals surface area contributed by atoms with Gasteiger partial charge in [-0.25, -0.2) is 0 Å². The van der Waals surface area contributed by atoms with Gasteiger partial charge in [0, 0.05) is 18.3 Å². The molecule has 1 unspecified atom stereocenters. The van der Waals surface area contributed by atoms with Crippen LogP contribution in [0.2, 0.25) is 0 Å². The summed E-state index contributed by atoms with van der Waals surface area (Å²) in [5, 5.41) is 21.2. The number of aliphatic hydroxyl groups is 2. The van der Waals surface area contributed by atoms with Gasteiger partial charge in [-0.2, -0.15) is 0 Å². The largest absolute Gasteiger partial charge is 0.469 e. The highest BCUT2D eigenvalue weighted by molar-refractivity contribution is 5.90. The van der Waals surface area contributed by atoms with E-state index in [0.29, 0.717) is 25.7 Å². The van der Waals surface area contributed by atoms with Crippen molar-refractivity contribution in [1.82, 2.24) is 0 Å². The molecule has 1 aliphatic rings. The fourth-order valence-corrected chi connectivity index (χ4v) is 4.14. The molecule has 5 nitrogen and oxygen atoms in total. The van der Waals surface area contributed by atoms with Gasteiger partial charge in [0.25, 0.3) is 0 Å². The van der Waals surface area contributed by atoms with Crippen LogP contribution in [0.25, 0.3) is 0 Å². The lowest BCUT2D eigenvalue weighted by atomic mass is 9.86. The summed E-state index contributed by atoms with van der Waals surface area (Å²) < 4.78 is 4.63. The van der Waals surface area contributed by atoms with Gasteiger partial charge in [0.15, 0.2) is 0 Å². The third kappa shape index (κ3) is 7.15. The van der Waals surface area contributed by atoms with Crippen LogP contribution < -0.4 is 0 Å². The van der Waals surface area contributed by atoms with Crippen molar-refractivity contribution in [3.8, 4) is 0 Å². The molecule has 0 aliphatic heterocycles. The molecule has 0 bridgehead atoms. The number of hydrogen-bond donors (Lipinski definition) is 2. The van der Waals surface area contributed by atoms with Crippen LogP contribution in [-0.4, -0.2) is 41.3 Å². The second kappa shape index (κ2) is 12.0. The number of unbranched alkanes of at least 4 members (excludes halogenated alkanes) is 1. The van der Waals surface area contributed by atoms with E-state index in [0.717, 1.165) is 12.8 Å². The highest BCUT2D eigenvalue weighted by atomic mass is 16.5. The molecule has 0 aromatic heterocycles. The highest BCUT2D eigenvalue weighted by Crippen LogP contribution is 2.44. The van der Waals surface area contributed by atoms with Gasteiger partial charge in [0.05, 0.1) is 24.7 Å². The van der Waals surface area contributed by atoms with Gasteiger partial charge in [-0.3, -0.25) is 9.59 Å². The second-order valence-electron chi connectivity index (χ2n) is 8.87. The van der Waals surface area contributed by atoms with Gasteiger partial charge >= 0.3 is 5.97 Å². The van der Waals surface area contributed by atoms with E-state index >= 15 is 0 Å². The molecule has 2 N–H and O–H groups in total. The minimum absolute atomic E-state index is 0.0487. The summed E-state index contributed by atoms with van der Waals surface area (Å²) in [5.41, 5.74) is 0.357. The van der Waals surface area contributed by atoms with Crippen LogP contribution in [0.1, 0.15) is 51.5 Å². The van der Waals surface area contributed by atoms with Crippen LogP contribution in [0.15, 0.2) is 54.6 Å². The third-order valence-corrected chi connectivity index (χ3v) is 6.20. The van der Waals surface area contributed by atoms with Gasteiger partial charge in [-0.1, -0.05) is 68.5 Å². The minimum atomic E-state index is -0.812. The Bertz CT molecular complexity index is 765. The number of rotatable bonds is 11.